The monoisotopic (exact) mass is 294 g/mol. The summed E-state index contributed by atoms with van der Waals surface area (Å²) < 4.78 is 27.2. The average Bonchev–Trinajstić information content (AvgIpc) is 2.58. The molecule has 0 aliphatic heterocycles. The Morgan fingerprint density at radius 1 is 1.56 bits per heavy atom. The second-order valence-electron chi connectivity index (χ2n) is 5.05. The van der Waals surface area contributed by atoms with Gasteiger partial charge in [-0.2, -0.15) is 9.40 Å². The number of hydrogen-bond donors (Lipinski definition) is 1. The molecule has 0 unspecified atom stereocenters. The second kappa shape index (κ2) is 5.16. The van der Waals surface area contributed by atoms with Gasteiger partial charge in [0, 0.05) is 20.6 Å². The van der Waals surface area contributed by atoms with Crippen molar-refractivity contribution >= 4 is 21.6 Å². The molecule has 0 aliphatic carbocycles. The minimum atomic E-state index is -3.65. The molecule has 0 atom stereocenters. The highest BCUT2D eigenvalue weighted by Crippen LogP contribution is 2.25. The number of halogens is 1. The SMILES string of the molecule is CN(CC(C)(C)CN)S(=O)(=O)c1c(Cl)cnn1C. The highest BCUT2D eigenvalue weighted by atomic mass is 35.5. The first kappa shape index (κ1) is 15.4. The van der Waals surface area contributed by atoms with Crippen molar-refractivity contribution in [3.63, 3.8) is 0 Å². The van der Waals surface area contributed by atoms with Crippen molar-refractivity contribution in [2.75, 3.05) is 20.1 Å². The fourth-order valence-electron chi connectivity index (χ4n) is 1.59. The van der Waals surface area contributed by atoms with Crippen LogP contribution in [0.4, 0.5) is 0 Å². The van der Waals surface area contributed by atoms with E-state index in [0.29, 0.717) is 13.1 Å². The second-order valence-corrected chi connectivity index (χ2v) is 7.42. The van der Waals surface area contributed by atoms with Gasteiger partial charge in [-0.05, 0) is 12.0 Å². The van der Waals surface area contributed by atoms with Gasteiger partial charge in [0.25, 0.3) is 10.0 Å². The maximum Gasteiger partial charge on any atom is 0.261 e. The molecule has 6 nitrogen and oxygen atoms in total. The topological polar surface area (TPSA) is 81.2 Å². The van der Waals surface area contributed by atoms with Crippen LogP contribution in [-0.2, 0) is 17.1 Å². The van der Waals surface area contributed by atoms with Crippen molar-refractivity contribution in [2.45, 2.75) is 18.9 Å². The summed E-state index contributed by atoms with van der Waals surface area (Å²) in [5.41, 5.74) is 5.31. The van der Waals surface area contributed by atoms with E-state index in [4.69, 9.17) is 17.3 Å². The number of rotatable bonds is 5. The summed E-state index contributed by atoms with van der Waals surface area (Å²) in [4.78, 5) is 0. The third-order valence-corrected chi connectivity index (χ3v) is 5.01. The fraction of sp³-hybridized carbons (Fsp3) is 0.700. The van der Waals surface area contributed by atoms with E-state index >= 15 is 0 Å². The van der Waals surface area contributed by atoms with Crippen LogP contribution in [-0.4, -0.2) is 42.6 Å². The Balaban J connectivity index is 3.09. The van der Waals surface area contributed by atoms with Crippen LogP contribution < -0.4 is 5.73 Å². The maximum absolute atomic E-state index is 12.4. The predicted molar refractivity (Wildman–Crippen MR) is 70.9 cm³/mol. The van der Waals surface area contributed by atoms with Gasteiger partial charge in [0.05, 0.1) is 11.2 Å². The van der Waals surface area contributed by atoms with E-state index < -0.39 is 10.0 Å². The van der Waals surface area contributed by atoms with E-state index in [1.807, 2.05) is 13.8 Å². The summed E-state index contributed by atoms with van der Waals surface area (Å²) in [6.07, 6.45) is 1.32. The molecule has 0 saturated heterocycles. The van der Waals surface area contributed by atoms with Gasteiger partial charge in [-0.15, -0.1) is 0 Å². The highest BCUT2D eigenvalue weighted by Gasteiger charge is 2.31. The van der Waals surface area contributed by atoms with Gasteiger partial charge in [-0.1, -0.05) is 25.4 Å². The summed E-state index contributed by atoms with van der Waals surface area (Å²) in [7, 11) is -0.602. The summed E-state index contributed by atoms with van der Waals surface area (Å²) in [5.74, 6) is 0. The Morgan fingerprint density at radius 2 is 2.11 bits per heavy atom. The average molecular weight is 295 g/mol. The lowest BCUT2D eigenvalue weighted by Crippen LogP contribution is -2.40. The fourth-order valence-corrected chi connectivity index (χ4v) is 3.54. The lowest BCUT2D eigenvalue weighted by Gasteiger charge is -2.28. The molecule has 1 aromatic rings. The molecule has 18 heavy (non-hydrogen) atoms. The van der Waals surface area contributed by atoms with E-state index in [9.17, 15) is 8.42 Å². The maximum atomic E-state index is 12.4. The van der Waals surface area contributed by atoms with Crippen LogP contribution in [0.15, 0.2) is 11.2 Å². The lowest BCUT2D eigenvalue weighted by atomic mass is 9.94. The third kappa shape index (κ3) is 3.03. The van der Waals surface area contributed by atoms with Crippen molar-refractivity contribution in [1.82, 2.24) is 14.1 Å². The first-order chi connectivity index (χ1) is 8.12. The molecule has 0 aliphatic rings. The Labute approximate surface area is 113 Å². The minimum Gasteiger partial charge on any atom is -0.330 e. The van der Waals surface area contributed by atoms with E-state index in [1.165, 1.54) is 22.2 Å². The Morgan fingerprint density at radius 3 is 2.50 bits per heavy atom. The van der Waals surface area contributed by atoms with Gasteiger partial charge >= 0.3 is 0 Å². The Bertz CT molecular complexity index is 504. The molecule has 0 radical (unpaired) electrons. The molecule has 8 heteroatoms. The molecule has 0 saturated carbocycles. The van der Waals surface area contributed by atoms with Crippen molar-refractivity contribution in [2.24, 2.45) is 18.2 Å². The molecule has 0 aromatic carbocycles. The van der Waals surface area contributed by atoms with E-state index in [2.05, 4.69) is 5.10 Å². The summed E-state index contributed by atoms with van der Waals surface area (Å²) in [6, 6.07) is 0. The summed E-state index contributed by atoms with van der Waals surface area (Å²) in [5, 5.41) is 3.96. The van der Waals surface area contributed by atoms with Crippen LogP contribution in [0.25, 0.3) is 0 Å². The van der Waals surface area contributed by atoms with E-state index in [-0.39, 0.29) is 15.5 Å². The zero-order chi connectivity index (χ0) is 14.1. The predicted octanol–water partition coefficient (Wildman–Crippen LogP) is 0.679. The van der Waals surface area contributed by atoms with Crippen molar-refractivity contribution in [3.8, 4) is 0 Å². The molecular formula is C10H19ClN4O2S. The first-order valence-electron chi connectivity index (χ1n) is 5.46. The number of aromatic nitrogens is 2. The Hall–Kier alpha value is -0.630. The van der Waals surface area contributed by atoms with Crippen molar-refractivity contribution in [1.29, 1.82) is 0 Å². The van der Waals surface area contributed by atoms with Crippen LogP contribution in [0.3, 0.4) is 0 Å². The lowest BCUT2D eigenvalue weighted by molar-refractivity contribution is 0.290. The van der Waals surface area contributed by atoms with Gasteiger partial charge in [0.15, 0.2) is 5.03 Å². The third-order valence-electron chi connectivity index (χ3n) is 2.70. The molecule has 0 fully saturated rings. The molecule has 104 valence electrons. The highest BCUT2D eigenvalue weighted by molar-refractivity contribution is 7.89. The molecular weight excluding hydrogens is 276 g/mol. The van der Waals surface area contributed by atoms with Gasteiger partial charge in [0.1, 0.15) is 0 Å². The molecule has 0 spiro atoms. The molecule has 2 N–H and O–H groups in total. The zero-order valence-electron chi connectivity index (χ0n) is 11.0. The van der Waals surface area contributed by atoms with Crippen LogP contribution in [0.5, 0.6) is 0 Å². The quantitative estimate of drug-likeness (QED) is 0.866. The van der Waals surface area contributed by atoms with Gasteiger partial charge in [0.2, 0.25) is 0 Å². The molecule has 1 rings (SSSR count). The standard InChI is InChI=1S/C10H19ClN4O2S/c1-10(2,6-12)7-14(3)18(16,17)9-8(11)5-13-15(9)4/h5H,6-7,12H2,1-4H3. The van der Waals surface area contributed by atoms with Crippen LogP contribution in [0.2, 0.25) is 5.02 Å². The largest absolute Gasteiger partial charge is 0.330 e. The van der Waals surface area contributed by atoms with Crippen molar-refractivity contribution < 1.29 is 8.42 Å². The zero-order valence-corrected chi connectivity index (χ0v) is 12.6. The van der Waals surface area contributed by atoms with Crippen LogP contribution in [0, 0.1) is 5.41 Å². The molecule has 1 heterocycles. The van der Waals surface area contributed by atoms with Crippen LogP contribution in [0.1, 0.15) is 13.8 Å². The first-order valence-corrected chi connectivity index (χ1v) is 7.27. The Kier molecular flexibility index (Phi) is 4.42. The van der Waals surface area contributed by atoms with Gasteiger partial charge in [-0.3, -0.25) is 4.68 Å². The smallest absolute Gasteiger partial charge is 0.261 e. The normalized spacial score (nSPS) is 13.3. The van der Waals surface area contributed by atoms with E-state index in [1.54, 1.807) is 7.05 Å². The number of hydrogen-bond acceptors (Lipinski definition) is 4. The molecule has 0 bridgehead atoms. The number of aryl methyl sites for hydroxylation is 1. The van der Waals surface area contributed by atoms with Gasteiger partial charge < -0.3 is 5.73 Å². The number of nitrogens with zero attached hydrogens (tertiary/aromatic N) is 3. The van der Waals surface area contributed by atoms with Crippen molar-refractivity contribution in [3.05, 3.63) is 11.2 Å². The van der Waals surface area contributed by atoms with E-state index in [0.717, 1.165) is 0 Å². The van der Waals surface area contributed by atoms with Crippen LogP contribution >= 0.6 is 11.6 Å². The summed E-state index contributed by atoms with van der Waals surface area (Å²) in [6.45, 7) is 4.52. The number of nitrogens with two attached hydrogens (primary N) is 1. The molecule has 0 amide bonds. The summed E-state index contributed by atoms with van der Waals surface area (Å²) >= 11 is 5.86. The minimum absolute atomic E-state index is 0.000474. The van der Waals surface area contributed by atoms with Gasteiger partial charge in [-0.25, -0.2) is 8.42 Å². The number of sulfonamides is 1. The molecule has 1 aromatic heterocycles.